The van der Waals surface area contributed by atoms with E-state index in [0.717, 1.165) is 18.4 Å². The van der Waals surface area contributed by atoms with Crippen LogP contribution in [0.25, 0.3) is 0 Å². The monoisotopic (exact) mass is 364 g/mol. The van der Waals surface area contributed by atoms with Crippen LogP contribution in [0, 0.1) is 0 Å². The van der Waals surface area contributed by atoms with Gasteiger partial charge in [0.2, 0.25) is 11.8 Å². The Labute approximate surface area is 153 Å². The highest BCUT2D eigenvalue weighted by atomic mass is 32.1. The van der Waals surface area contributed by atoms with Crippen molar-refractivity contribution in [2.75, 3.05) is 11.4 Å². The first-order valence-corrected chi connectivity index (χ1v) is 9.05. The van der Waals surface area contributed by atoms with E-state index in [9.17, 15) is 14.4 Å². The first kappa shape index (κ1) is 19.3. The molecule has 1 aromatic carbocycles. The van der Waals surface area contributed by atoms with Crippen LogP contribution in [0.3, 0.4) is 0 Å². The van der Waals surface area contributed by atoms with Gasteiger partial charge in [-0.2, -0.15) is 12.6 Å². The zero-order valence-electron chi connectivity index (χ0n) is 14.3. The third-order valence-electron chi connectivity index (χ3n) is 4.29. The van der Waals surface area contributed by atoms with Crippen LogP contribution >= 0.6 is 12.6 Å². The number of benzene rings is 1. The van der Waals surface area contributed by atoms with E-state index in [0.29, 0.717) is 24.9 Å². The van der Waals surface area contributed by atoms with Crippen molar-refractivity contribution in [2.45, 2.75) is 50.3 Å². The molecule has 1 heterocycles. The molecule has 6 nitrogen and oxygen atoms in total. The van der Waals surface area contributed by atoms with Crippen LogP contribution in [-0.2, 0) is 20.8 Å². The van der Waals surface area contributed by atoms with Gasteiger partial charge in [-0.25, -0.2) is 0 Å². The Kier molecular flexibility index (Phi) is 6.87. The van der Waals surface area contributed by atoms with Gasteiger partial charge in [-0.05, 0) is 30.9 Å². The molecule has 2 amide bonds. The van der Waals surface area contributed by atoms with E-state index in [2.05, 4.69) is 17.9 Å². The second-order valence-corrected chi connectivity index (χ2v) is 6.83. The Morgan fingerprint density at radius 2 is 2.12 bits per heavy atom. The second kappa shape index (κ2) is 8.89. The van der Waals surface area contributed by atoms with Gasteiger partial charge in [-0.15, -0.1) is 0 Å². The molecule has 0 fully saturated rings. The fraction of sp³-hybridized carbons (Fsp3) is 0.500. The summed E-state index contributed by atoms with van der Waals surface area (Å²) in [5.74, 6) is -1.77. The van der Waals surface area contributed by atoms with Crippen molar-refractivity contribution in [3.8, 4) is 0 Å². The van der Waals surface area contributed by atoms with Crippen LogP contribution in [-0.4, -0.2) is 40.7 Å². The van der Waals surface area contributed by atoms with Crippen molar-refractivity contribution in [3.63, 3.8) is 0 Å². The minimum atomic E-state index is -1.09. The lowest BCUT2D eigenvalue weighted by atomic mass is 10.1. The molecule has 1 aliphatic heterocycles. The molecule has 0 bridgehead atoms. The van der Waals surface area contributed by atoms with Crippen LogP contribution in [0.5, 0.6) is 0 Å². The maximum atomic E-state index is 12.8. The predicted molar refractivity (Wildman–Crippen MR) is 99.0 cm³/mol. The number of para-hydroxylation sites is 1. The number of thiol groups is 1. The molecule has 136 valence electrons. The molecule has 0 radical (unpaired) electrons. The number of carboxylic acids is 1. The lowest BCUT2D eigenvalue weighted by Crippen LogP contribution is -2.51. The summed E-state index contributed by atoms with van der Waals surface area (Å²) in [4.78, 5) is 37.6. The zero-order valence-corrected chi connectivity index (χ0v) is 15.2. The third kappa shape index (κ3) is 4.98. The number of rotatable bonds is 7. The minimum absolute atomic E-state index is 0.281. The van der Waals surface area contributed by atoms with Gasteiger partial charge in [0.1, 0.15) is 12.6 Å². The smallest absolute Gasteiger partial charge is 0.323 e. The molecule has 2 rings (SSSR count). The summed E-state index contributed by atoms with van der Waals surface area (Å²) < 4.78 is 0. The zero-order chi connectivity index (χ0) is 18.4. The molecule has 0 saturated heterocycles. The van der Waals surface area contributed by atoms with Crippen LogP contribution in [0.1, 0.15) is 38.2 Å². The van der Waals surface area contributed by atoms with Gasteiger partial charge in [0.25, 0.3) is 0 Å². The van der Waals surface area contributed by atoms with Gasteiger partial charge in [-0.1, -0.05) is 38.0 Å². The average molecular weight is 364 g/mol. The Bertz CT molecular complexity index is 650. The van der Waals surface area contributed by atoms with E-state index in [-0.39, 0.29) is 5.91 Å². The fourth-order valence-electron chi connectivity index (χ4n) is 2.94. The largest absolute Gasteiger partial charge is 0.480 e. The highest BCUT2D eigenvalue weighted by Gasteiger charge is 2.33. The molecule has 0 aromatic heterocycles. The van der Waals surface area contributed by atoms with Crippen molar-refractivity contribution >= 4 is 36.1 Å². The number of aliphatic carboxylic acids is 1. The number of carbonyl (C=O) groups is 3. The maximum absolute atomic E-state index is 12.8. The third-order valence-corrected chi connectivity index (χ3v) is 4.79. The number of aryl methyl sites for hydroxylation is 1. The van der Waals surface area contributed by atoms with Crippen LogP contribution in [0.4, 0.5) is 5.69 Å². The number of unbranched alkanes of at least 4 members (excludes halogenated alkanes) is 1. The highest BCUT2D eigenvalue weighted by Crippen LogP contribution is 2.27. The van der Waals surface area contributed by atoms with E-state index >= 15 is 0 Å². The molecule has 25 heavy (non-hydrogen) atoms. The summed E-state index contributed by atoms with van der Waals surface area (Å²) >= 11 is 4.31. The van der Waals surface area contributed by atoms with Crippen LogP contribution in [0.15, 0.2) is 24.3 Å². The number of fused-ring (bicyclic) bond motifs is 1. The van der Waals surface area contributed by atoms with E-state index in [1.165, 1.54) is 4.90 Å². The summed E-state index contributed by atoms with van der Waals surface area (Å²) in [6.45, 7) is 1.61. The number of hydrogen-bond donors (Lipinski definition) is 3. The first-order chi connectivity index (χ1) is 11.9. The summed E-state index contributed by atoms with van der Waals surface area (Å²) in [5.41, 5.74) is 1.50. The molecule has 1 aliphatic rings. The molecule has 1 aromatic rings. The Hall–Kier alpha value is -2.02. The predicted octanol–water partition coefficient (Wildman–Crippen LogP) is 2.02. The molecule has 0 saturated carbocycles. The highest BCUT2D eigenvalue weighted by molar-refractivity contribution is 7.81. The Balaban J connectivity index is 2.17. The molecular formula is C18H24N2O4S. The van der Waals surface area contributed by atoms with Crippen molar-refractivity contribution < 1.29 is 19.5 Å². The first-order valence-electron chi connectivity index (χ1n) is 8.53. The standard InChI is InChI=1S/C18H24N2O4S/c1-2-3-8-15(25)17(23)19-13-10-9-12-6-4-5-7-14(12)20(18(13)24)11-16(21)22/h4-7,13,15,25H,2-3,8-11H2,1H3,(H,19,23)(H,21,22)/t13-,15+/m0/s1. The number of carboxylic acid groups (broad SMARTS) is 1. The van der Waals surface area contributed by atoms with Gasteiger partial charge in [0.15, 0.2) is 0 Å². The minimum Gasteiger partial charge on any atom is -0.480 e. The summed E-state index contributed by atoms with van der Waals surface area (Å²) in [6, 6.07) is 6.51. The van der Waals surface area contributed by atoms with Crippen molar-refractivity contribution in [2.24, 2.45) is 0 Å². The SMILES string of the molecule is CCCC[C@@H](S)C(=O)N[C@H]1CCc2ccccc2N(CC(=O)O)C1=O. The van der Waals surface area contributed by atoms with Crippen molar-refractivity contribution in [1.29, 1.82) is 0 Å². The summed E-state index contributed by atoms with van der Waals surface area (Å²) in [6.07, 6.45) is 3.53. The molecule has 2 atom stereocenters. The van der Waals surface area contributed by atoms with E-state index in [4.69, 9.17) is 5.11 Å². The molecule has 7 heteroatoms. The number of amides is 2. The van der Waals surface area contributed by atoms with Crippen LogP contribution < -0.4 is 10.2 Å². The fourth-order valence-corrected chi connectivity index (χ4v) is 3.20. The number of anilines is 1. The number of hydrogen-bond acceptors (Lipinski definition) is 4. The van der Waals surface area contributed by atoms with Gasteiger partial charge in [0.05, 0.1) is 5.25 Å². The number of nitrogens with zero attached hydrogens (tertiary/aromatic N) is 1. The quantitative estimate of drug-likeness (QED) is 0.646. The number of nitrogens with one attached hydrogen (secondary N) is 1. The molecule has 0 spiro atoms. The van der Waals surface area contributed by atoms with Crippen molar-refractivity contribution in [3.05, 3.63) is 29.8 Å². The summed E-state index contributed by atoms with van der Waals surface area (Å²) in [7, 11) is 0. The van der Waals surface area contributed by atoms with Gasteiger partial charge in [-0.3, -0.25) is 19.3 Å². The van der Waals surface area contributed by atoms with E-state index < -0.39 is 29.7 Å². The molecule has 2 N–H and O–H groups in total. The topological polar surface area (TPSA) is 86.7 Å². The molecular weight excluding hydrogens is 340 g/mol. The average Bonchev–Trinajstić information content (AvgIpc) is 2.71. The molecule has 0 aliphatic carbocycles. The van der Waals surface area contributed by atoms with Crippen LogP contribution in [0.2, 0.25) is 0 Å². The number of carbonyl (C=O) groups excluding carboxylic acids is 2. The Morgan fingerprint density at radius 1 is 1.40 bits per heavy atom. The Morgan fingerprint density at radius 3 is 2.80 bits per heavy atom. The van der Waals surface area contributed by atoms with E-state index in [1.807, 2.05) is 19.1 Å². The maximum Gasteiger partial charge on any atom is 0.323 e. The van der Waals surface area contributed by atoms with Crippen molar-refractivity contribution in [1.82, 2.24) is 5.32 Å². The van der Waals surface area contributed by atoms with Gasteiger partial charge >= 0.3 is 5.97 Å². The lowest BCUT2D eigenvalue weighted by molar-refractivity contribution is -0.137. The normalized spacial score (nSPS) is 18.2. The second-order valence-electron chi connectivity index (χ2n) is 6.20. The molecule has 0 unspecified atom stereocenters. The lowest BCUT2D eigenvalue weighted by Gasteiger charge is -2.25. The van der Waals surface area contributed by atoms with E-state index in [1.54, 1.807) is 12.1 Å². The summed E-state index contributed by atoms with van der Waals surface area (Å²) in [5, 5.41) is 11.5. The van der Waals surface area contributed by atoms with Gasteiger partial charge < -0.3 is 10.4 Å². The van der Waals surface area contributed by atoms with Gasteiger partial charge in [0, 0.05) is 5.69 Å².